The zero-order chi connectivity index (χ0) is 13.8. The lowest BCUT2D eigenvalue weighted by Gasteiger charge is -2.11. The summed E-state index contributed by atoms with van der Waals surface area (Å²) >= 11 is 0.983. The molecule has 0 spiro atoms. The number of thiazole rings is 1. The van der Waals surface area contributed by atoms with Crippen LogP contribution in [0.15, 0.2) is 34.4 Å². The molecule has 0 saturated carbocycles. The maximum Gasteiger partial charge on any atom is 0.323 e. The summed E-state index contributed by atoms with van der Waals surface area (Å²) in [7, 11) is 0. The van der Waals surface area contributed by atoms with Crippen LogP contribution < -0.4 is 9.61 Å². The van der Waals surface area contributed by atoms with Crippen molar-refractivity contribution in [2.24, 2.45) is 0 Å². The van der Waals surface area contributed by atoms with Gasteiger partial charge in [0, 0.05) is 10.9 Å². The van der Waals surface area contributed by atoms with Gasteiger partial charge < -0.3 is 9.84 Å². The number of rotatable bonds is 5. The lowest BCUT2D eigenvalue weighted by molar-refractivity contribution is -0.137. The van der Waals surface area contributed by atoms with E-state index in [2.05, 4.69) is 0 Å². The highest BCUT2D eigenvalue weighted by Gasteiger charge is 2.14. The highest BCUT2D eigenvalue weighted by atomic mass is 32.1. The summed E-state index contributed by atoms with van der Waals surface area (Å²) in [5, 5.41) is 10.5. The van der Waals surface area contributed by atoms with Crippen LogP contribution in [0, 0.1) is 0 Å². The minimum Gasteiger partial charge on any atom is -0.493 e. The lowest BCUT2D eigenvalue weighted by Crippen LogP contribution is -2.19. The third-order valence-corrected chi connectivity index (χ3v) is 3.30. The third-order valence-electron chi connectivity index (χ3n) is 2.54. The molecule has 5 nitrogen and oxygen atoms in total. The van der Waals surface area contributed by atoms with Crippen LogP contribution in [0.4, 0.5) is 0 Å². The highest BCUT2D eigenvalue weighted by molar-refractivity contribution is 7.07. The molecule has 1 aromatic heterocycles. The number of carboxylic acid groups (broad SMARTS) is 1. The highest BCUT2D eigenvalue weighted by Crippen LogP contribution is 2.30. The fraction of sp³-hybridized carbons (Fsp3) is 0.231. The smallest absolute Gasteiger partial charge is 0.323 e. The van der Waals surface area contributed by atoms with Gasteiger partial charge in [0.05, 0.1) is 12.3 Å². The topological polar surface area (TPSA) is 68.5 Å². The molecule has 1 N–H and O–H groups in total. The normalized spacial score (nSPS) is 10.4. The van der Waals surface area contributed by atoms with Gasteiger partial charge in [0.2, 0.25) is 0 Å². The number of carbonyl (C=O) groups is 1. The van der Waals surface area contributed by atoms with Gasteiger partial charge in [-0.1, -0.05) is 23.5 Å². The second kappa shape index (κ2) is 5.71. The monoisotopic (exact) mass is 279 g/mol. The van der Waals surface area contributed by atoms with E-state index in [0.29, 0.717) is 18.1 Å². The molecule has 0 fully saturated rings. The van der Waals surface area contributed by atoms with E-state index in [9.17, 15) is 9.59 Å². The maximum absolute atomic E-state index is 11.7. The summed E-state index contributed by atoms with van der Waals surface area (Å²) in [4.78, 5) is 22.2. The molecule has 19 heavy (non-hydrogen) atoms. The van der Waals surface area contributed by atoms with E-state index >= 15 is 0 Å². The van der Waals surface area contributed by atoms with Crippen LogP contribution in [-0.4, -0.2) is 22.2 Å². The van der Waals surface area contributed by atoms with Crippen LogP contribution in [0.25, 0.3) is 11.3 Å². The predicted molar refractivity (Wildman–Crippen MR) is 72.8 cm³/mol. The Bertz CT molecular complexity index is 644. The van der Waals surface area contributed by atoms with Gasteiger partial charge in [0.25, 0.3) is 0 Å². The number of carboxylic acids is 1. The van der Waals surface area contributed by atoms with Gasteiger partial charge in [-0.25, -0.2) is 0 Å². The molecule has 1 heterocycles. The first-order chi connectivity index (χ1) is 9.13. The van der Waals surface area contributed by atoms with Crippen LogP contribution in [0.5, 0.6) is 5.75 Å². The molecule has 100 valence electrons. The number of ether oxygens (including phenoxy) is 1. The van der Waals surface area contributed by atoms with Crippen molar-refractivity contribution in [1.82, 2.24) is 4.57 Å². The second-order valence-corrected chi connectivity index (χ2v) is 4.62. The number of hydrogen-bond acceptors (Lipinski definition) is 4. The zero-order valence-electron chi connectivity index (χ0n) is 10.3. The van der Waals surface area contributed by atoms with Crippen LogP contribution in [0.2, 0.25) is 0 Å². The average Bonchev–Trinajstić information content (AvgIpc) is 2.72. The summed E-state index contributed by atoms with van der Waals surface area (Å²) < 4.78 is 6.74. The van der Waals surface area contributed by atoms with Gasteiger partial charge in [-0.15, -0.1) is 0 Å². The molecule has 0 saturated heterocycles. The van der Waals surface area contributed by atoms with Gasteiger partial charge in [0.15, 0.2) is 0 Å². The maximum atomic E-state index is 11.7. The molecule has 0 aliphatic rings. The fourth-order valence-electron chi connectivity index (χ4n) is 1.79. The molecule has 0 aliphatic carbocycles. The third kappa shape index (κ3) is 2.85. The van der Waals surface area contributed by atoms with Crippen molar-refractivity contribution in [1.29, 1.82) is 0 Å². The number of nitrogens with zero attached hydrogens (tertiary/aromatic N) is 1. The molecule has 0 atom stereocenters. The Morgan fingerprint density at radius 2 is 2.16 bits per heavy atom. The summed E-state index contributed by atoms with van der Waals surface area (Å²) in [6.45, 7) is 2.02. The van der Waals surface area contributed by atoms with Gasteiger partial charge in [0.1, 0.15) is 12.3 Å². The summed E-state index contributed by atoms with van der Waals surface area (Å²) in [6.07, 6.45) is 0. The Morgan fingerprint density at radius 3 is 2.84 bits per heavy atom. The van der Waals surface area contributed by atoms with Crippen molar-refractivity contribution in [3.8, 4) is 17.0 Å². The van der Waals surface area contributed by atoms with Crippen molar-refractivity contribution in [3.05, 3.63) is 39.3 Å². The largest absolute Gasteiger partial charge is 0.493 e. The number of hydrogen-bond donors (Lipinski definition) is 1. The second-order valence-electron chi connectivity index (χ2n) is 3.80. The van der Waals surface area contributed by atoms with Gasteiger partial charge in [-0.3, -0.25) is 14.2 Å². The Hall–Kier alpha value is -2.08. The van der Waals surface area contributed by atoms with Crippen molar-refractivity contribution in [2.75, 3.05) is 6.61 Å². The molecule has 0 unspecified atom stereocenters. The van der Waals surface area contributed by atoms with E-state index in [1.54, 1.807) is 11.4 Å². The standard InChI is InChI=1S/C13H13NO4S/c1-2-18-11-6-4-3-5-9(11)10-8-19-13(17)14(10)7-12(15)16/h3-6,8H,2,7H2,1H3,(H,15,16). The number of benzene rings is 1. The average molecular weight is 279 g/mol. The molecule has 0 bridgehead atoms. The Morgan fingerprint density at radius 1 is 1.42 bits per heavy atom. The van der Waals surface area contributed by atoms with Gasteiger partial charge in [-0.05, 0) is 19.1 Å². The Balaban J connectivity index is 2.53. The minimum atomic E-state index is -1.05. The number of para-hydroxylation sites is 1. The molecule has 2 rings (SSSR count). The Kier molecular flexibility index (Phi) is 4.01. The van der Waals surface area contributed by atoms with E-state index in [4.69, 9.17) is 9.84 Å². The van der Waals surface area contributed by atoms with Crippen LogP contribution in [0.1, 0.15) is 6.92 Å². The van der Waals surface area contributed by atoms with E-state index in [0.717, 1.165) is 16.9 Å². The molecule has 0 amide bonds. The van der Waals surface area contributed by atoms with Gasteiger partial charge in [-0.2, -0.15) is 0 Å². The quantitative estimate of drug-likeness (QED) is 0.909. The summed E-state index contributed by atoms with van der Waals surface area (Å²) in [6, 6.07) is 7.27. The summed E-state index contributed by atoms with van der Waals surface area (Å²) in [5.41, 5.74) is 1.30. The fourth-order valence-corrected chi connectivity index (χ4v) is 2.54. The van der Waals surface area contributed by atoms with Crippen LogP contribution in [-0.2, 0) is 11.3 Å². The lowest BCUT2D eigenvalue weighted by atomic mass is 10.1. The van der Waals surface area contributed by atoms with Crippen LogP contribution in [0.3, 0.4) is 0 Å². The van der Waals surface area contributed by atoms with Crippen molar-refractivity contribution < 1.29 is 14.6 Å². The number of aromatic nitrogens is 1. The first-order valence-corrected chi connectivity index (χ1v) is 6.63. The SMILES string of the molecule is CCOc1ccccc1-c1csc(=O)n1CC(=O)O. The molecular weight excluding hydrogens is 266 g/mol. The van der Waals surface area contributed by atoms with Gasteiger partial charge >= 0.3 is 10.8 Å². The molecule has 6 heteroatoms. The molecule has 0 aliphatic heterocycles. The van der Waals surface area contributed by atoms with Crippen molar-refractivity contribution in [2.45, 2.75) is 13.5 Å². The molecular formula is C13H13NO4S. The van der Waals surface area contributed by atoms with E-state index in [1.165, 1.54) is 4.57 Å². The first kappa shape index (κ1) is 13.4. The van der Waals surface area contributed by atoms with E-state index < -0.39 is 5.97 Å². The van der Waals surface area contributed by atoms with E-state index in [1.807, 2.05) is 25.1 Å². The Labute approximate surface area is 113 Å². The van der Waals surface area contributed by atoms with Crippen molar-refractivity contribution >= 4 is 17.3 Å². The van der Waals surface area contributed by atoms with Crippen LogP contribution >= 0.6 is 11.3 Å². The molecule has 0 radical (unpaired) electrons. The number of aliphatic carboxylic acids is 1. The molecule has 2 aromatic rings. The predicted octanol–water partition coefficient (Wildman–Crippen LogP) is 2.06. The molecule has 1 aromatic carbocycles. The van der Waals surface area contributed by atoms with E-state index in [-0.39, 0.29) is 11.4 Å². The van der Waals surface area contributed by atoms with Crippen molar-refractivity contribution in [3.63, 3.8) is 0 Å². The first-order valence-electron chi connectivity index (χ1n) is 5.75. The minimum absolute atomic E-state index is 0.288. The zero-order valence-corrected chi connectivity index (χ0v) is 11.1. The summed E-state index contributed by atoms with van der Waals surface area (Å²) in [5.74, 6) is -0.405.